The molecule has 20 heteroatoms. The molecule has 2 unspecified atom stereocenters. The van der Waals surface area contributed by atoms with Crippen LogP contribution in [-0.2, 0) is 58.0 Å². The molecule has 0 aromatic heterocycles. The van der Waals surface area contributed by atoms with Crippen molar-refractivity contribution in [3.05, 3.63) is 140 Å². The van der Waals surface area contributed by atoms with Crippen molar-refractivity contribution in [2.45, 2.75) is 68.2 Å². The number of benzene rings is 4. The van der Waals surface area contributed by atoms with E-state index in [1.165, 1.54) is 24.3 Å². The molecule has 0 fully saturated rings. The number of rotatable bonds is 15. The van der Waals surface area contributed by atoms with Crippen molar-refractivity contribution in [3.8, 4) is 0 Å². The highest BCUT2D eigenvalue weighted by Gasteiger charge is 2.29. The molecule has 4 aromatic carbocycles. The first kappa shape index (κ1) is 52.5. The van der Waals surface area contributed by atoms with E-state index in [-0.39, 0.29) is 35.1 Å². The Morgan fingerprint density at radius 2 is 0.574 bits per heavy atom. The van der Waals surface area contributed by atoms with Crippen LogP contribution in [0.2, 0.25) is 0 Å². The predicted molar refractivity (Wildman–Crippen MR) is 231 cm³/mol. The van der Waals surface area contributed by atoms with Crippen molar-refractivity contribution in [2.24, 2.45) is 11.8 Å². The van der Waals surface area contributed by atoms with Crippen molar-refractivity contribution in [1.82, 2.24) is 0 Å². The van der Waals surface area contributed by atoms with Gasteiger partial charge < -0.3 is 18.9 Å². The Balaban J connectivity index is 1.46. The van der Waals surface area contributed by atoms with Gasteiger partial charge >= 0.3 is 48.5 Å². The molecule has 0 amide bonds. The molecule has 0 radical (unpaired) electrons. The number of ether oxygens (including phenoxy) is 4. The van der Waals surface area contributed by atoms with Gasteiger partial charge in [-0.15, -0.1) is 0 Å². The molecule has 0 aliphatic heterocycles. The molecule has 0 heterocycles. The summed E-state index contributed by atoms with van der Waals surface area (Å²) >= 11 is 0. The lowest BCUT2D eigenvalue weighted by Gasteiger charge is -2.26. The molecule has 4 aromatic rings. The van der Waals surface area contributed by atoms with Gasteiger partial charge in [0.1, 0.15) is 0 Å². The minimum Gasteiger partial charge on any atom is -0.432 e. The molecular formula is C48H50O20. The third-order valence-corrected chi connectivity index (χ3v) is 10.1. The maximum atomic E-state index is 12.7. The molecule has 2 atom stereocenters. The highest BCUT2D eigenvalue weighted by Crippen LogP contribution is 2.24. The monoisotopic (exact) mass is 946 g/mol. The maximum absolute atomic E-state index is 12.7. The quantitative estimate of drug-likeness (QED) is 0.0466. The van der Waals surface area contributed by atoms with E-state index in [1.807, 2.05) is 0 Å². The van der Waals surface area contributed by atoms with Crippen molar-refractivity contribution < 1.29 is 96.4 Å². The summed E-state index contributed by atoms with van der Waals surface area (Å²) in [6.45, 7) is 11.3. The molecule has 362 valence electrons. The third kappa shape index (κ3) is 16.7. The summed E-state index contributed by atoms with van der Waals surface area (Å²) in [5.74, 6) is -6.00. The zero-order chi connectivity index (χ0) is 49.9. The minimum atomic E-state index is -1.49. The summed E-state index contributed by atoms with van der Waals surface area (Å²) in [7, 11) is 0. The second-order valence-corrected chi connectivity index (χ2v) is 15.5. The van der Waals surface area contributed by atoms with E-state index in [4.69, 9.17) is 28.7 Å². The lowest BCUT2D eigenvalue weighted by molar-refractivity contribution is -0.208. The van der Waals surface area contributed by atoms with E-state index in [9.17, 15) is 38.4 Å². The summed E-state index contributed by atoms with van der Waals surface area (Å²) in [4.78, 5) is 138. The number of carbonyl (C=O) groups is 8. The van der Waals surface area contributed by atoms with Gasteiger partial charge in [-0.3, -0.25) is 0 Å². The summed E-state index contributed by atoms with van der Waals surface area (Å²) in [6, 6.07) is 19.8. The van der Waals surface area contributed by atoms with Crippen LogP contribution in [-0.4, -0.2) is 74.9 Å². The number of hydrogen-bond donors (Lipinski definition) is 0. The lowest BCUT2D eigenvalue weighted by atomic mass is 9.88. The Kier molecular flexibility index (Phi) is 19.7. The van der Waals surface area contributed by atoms with E-state index >= 15 is 0 Å². The van der Waals surface area contributed by atoms with Crippen molar-refractivity contribution in [2.75, 3.05) is 26.4 Å². The molecule has 0 spiro atoms. The van der Waals surface area contributed by atoms with Crippen LogP contribution in [0.25, 0.3) is 0 Å². The van der Waals surface area contributed by atoms with Gasteiger partial charge in [-0.2, -0.15) is 19.2 Å². The van der Waals surface area contributed by atoms with Gasteiger partial charge in [0.05, 0.1) is 48.7 Å². The van der Waals surface area contributed by atoms with Gasteiger partial charge in [-0.25, -0.2) is 58.3 Å². The smallest absolute Gasteiger partial charge is 0.432 e. The number of aryl methyl sites for hydroxylation is 8. The summed E-state index contributed by atoms with van der Waals surface area (Å²) < 4.78 is 20.6. The van der Waals surface area contributed by atoms with Crippen LogP contribution < -0.4 is 0 Å². The molecule has 0 bridgehead atoms. The highest BCUT2D eigenvalue weighted by molar-refractivity contribution is 5.93. The average molecular weight is 947 g/mol. The third-order valence-electron chi connectivity index (χ3n) is 10.1. The lowest BCUT2D eigenvalue weighted by Crippen LogP contribution is -2.30. The van der Waals surface area contributed by atoms with Crippen LogP contribution >= 0.6 is 0 Å². The molecule has 4 rings (SSSR count). The van der Waals surface area contributed by atoms with Crippen LogP contribution in [0.5, 0.6) is 0 Å². The highest BCUT2D eigenvalue weighted by atomic mass is 17.3. The second-order valence-electron chi connectivity index (χ2n) is 15.5. The fourth-order valence-corrected chi connectivity index (χ4v) is 6.23. The van der Waals surface area contributed by atoms with Crippen LogP contribution in [0.3, 0.4) is 0 Å². The van der Waals surface area contributed by atoms with E-state index < -0.39 is 86.8 Å². The first-order valence-electron chi connectivity index (χ1n) is 20.8. The topological polar surface area (TPSA) is 247 Å². The first-order chi connectivity index (χ1) is 32.3. The van der Waals surface area contributed by atoms with E-state index in [1.54, 1.807) is 104 Å². The molecule has 68 heavy (non-hydrogen) atoms. The second kappa shape index (κ2) is 25.5. The zero-order valence-electron chi connectivity index (χ0n) is 38.5. The molecule has 0 aliphatic rings. The van der Waals surface area contributed by atoms with Gasteiger partial charge in [0, 0.05) is 11.8 Å². The summed E-state index contributed by atoms with van der Waals surface area (Å²) in [6.07, 6.45) is -6.34. The zero-order valence-corrected chi connectivity index (χ0v) is 38.5. The van der Waals surface area contributed by atoms with Gasteiger partial charge in [0.25, 0.3) is 0 Å². The van der Waals surface area contributed by atoms with Crippen LogP contribution in [0.4, 0.5) is 19.2 Å². The fourth-order valence-electron chi connectivity index (χ4n) is 6.23. The summed E-state index contributed by atoms with van der Waals surface area (Å²) in [5.41, 5.74) is 5.59. The Morgan fingerprint density at radius 1 is 0.338 bits per heavy atom. The Morgan fingerprint density at radius 3 is 0.824 bits per heavy atom. The van der Waals surface area contributed by atoms with Crippen LogP contribution in [0.1, 0.15) is 98.8 Å². The van der Waals surface area contributed by atoms with Gasteiger partial charge in [-0.1, -0.05) is 70.8 Å². The molecular weight excluding hydrogens is 897 g/mol. The SMILES string of the molecule is Cc1ccc(C)c(C(=O)OOC(=O)OCCC(COC(=O)OOC(=O)c2cc(C)ccc2C)C(CCOC(=O)OOC(=O)c2cc(C)ccc2C)COC(=O)OOC(=O)c2cc(C)ccc2C)c1. The van der Waals surface area contributed by atoms with E-state index in [0.717, 1.165) is 22.3 Å². The van der Waals surface area contributed by atoms with Gasteiger partial charge in [0.2, 0.25) is 0 Å². The van der Waals surface area contributed by atoms with Crippen LogP contribution in [0, 0.1) is 67.2 Å². The van der Waals surface area contributed by atoms with Crippen molar-refractivity contribution in [1.29, 1.82) is 0 Å². The minimum absolute atomic E-state index is 0.113. The summed E-state index contributed by atoms with van der Waals surface area (Å²) in [5, 5.41) is 0. The van der Waals surface area contributed by atoms with Crippen molar-refractivity contribution >= 4 is 48.5 Å². The van der Waals surface area contributed by atoms with E-state index in [0.29, 0.717) is 22.3 Å². The Labute approximate surface area is 390 Å². The molecule has 0 N–H and O–H groups in total. The average Bonchev–Trinajstić information content (AvgIpc) is 3.31. The molecule has 0 saturated carbocycles. The predicted octanol–water partition coefficient (Wildman–Crippen LogP) is 9.17. The molecule has 20 nitrogen and oxygen atoms in total. The Bertz CT molecular complexity index is 2320. The maximum Gasteiger partial charge on any atom is 0.549 e. The van der Waals surface area contributed by atoms with Crippen molar-refractivity contribution in [3.63, 3.8) is 0 Å². The molecule has 0 aliphatic carbocycles. The first-order valence-corrected chi connectivity index (χ1v) is 20.8. The fraction of sp³-hybridized carbons (Fsp3) is 0.333. The van der Waals surface area contributed by atoms with Gasteiger partial charge in [0.15, 0.2) is 0 Å². The normalized spacial score (nSPS) is 11.4. The van der Waals surface area contributed by atoms with Crippen LogP contribution in [0.15, 0.2) is 72.8 Å². The number of hydrogen-bond acceptors (Lipinski definition) is 20. The number of carbonyl (C=O) groups excluding carboxylic acids is 8. The Hall–Kier alpha value is -8.16. The van der Waals surface area contributed by atoms with E-state index in [2.05, 4.69) is 29.3 Å². The molecule has 0 saturated heterocycles. The van der Waals surface area contributed by atoms with Gasteiger partial charge in [-0.05, 0) is 115 Å². The largest absolute Gasteiger partial charge is 0.549 e. The standard InChI is InChI=1S/C48H50O20/c1-27-9-13-31(5)37(21-27)41(49)61-65-45(53)57-19-17-35(25-59-47(55)67-63-43(51)39-23-29(3)11-15-33(39)7)36(26-60-48(56)68-64-44(52)40-24-30(4)12-16-34(40)8)18-20-58-46(54)66-62-42(50)38-22-28(2)10-14-32(38)6/h9-16,21-24,35-36H,17-20,25-26H2,1-8H3.